The summed E-state index contributed by atoms with van der Waals surface area (Å²) in [6, 6.07) is 6.99. The van der Waals surface area contributed by atoms with Crippen LogP contribution in [0.1, 0.15) is 34.8 Å². The molecule has 0 unspecified atom stereocenters. The molecule has 1 aromatic carbocycles. The lowest BCUT2D eigenvalue weighted by Gasteiger charge is -2.11. The van der Waals surface area contributed by atoms with Crippen LogP contribution in [-0.2, 0) is 7.05 Å². The van der Waals surface area contributed by atoms with Crippen LogP contribution in [0.15, 0.2) is 34.9 Å². The first kappa shape index (κ1) is 15.1. The second kappa shape index (κ2) is 5.79. The van der Waals surface area contributed by atoms with Gasteiger partial charge in [-0.15, -0.1) is 0 Å². The lowest BCUT2D eigenvalue weighted by Crippen LogP contribution is -2.26. The number of amides is 1. The van der Waals surface area contributed by atoms with E-state index in [0.29, 0.717) is 5.58 Å². The quantitative estimate of drug-likeness (QED) is 0.804. The van der Waals surface area contributed by atoms with Gasteiger partial charge in [0.1, 0.15) is 11.3 Å². The molecule has 120 valence electrons. The molecular weight excluding hydrogens is 294 g/mol. The fraction of sp³-hybridized carbons (Fsp3) is 0.294. The molecule has 0 bridgehead atoms. The Morgan fingerprint density at radius 3 is 2.83 bits per heavy atom. The summed E-state index contributed by atoms with van der Waals surface area (Å²) in [7, 11) is 3.46. The van der Waals surface area contributed by atoms with Crippen molar-refractivity contribution in [3.63, 3.8) is 0 Å². The lowest BCUT2D eigenvalue weighted by atomic mass is 10.1. The maximum absolute atomic E-state index is 12.4. The summed E-state index contributed by atoms with van der Waals surface area (Å²) < 4.78 is 12.5. The number of nitrogens with zero attached hydrogens (tertiary/aromatic N) is 2. The third kappa shape index (κ3) is 2.92. The van der Waals surface area contributed by atoms with Crippen LogP contribution in [0.4, 0.5) is 0 Å². The van der Waals surface area contributed by atoms with Crippen molar-refractivity contribution in [2.24, 2.45) is 7.05 Å². The monoisotopic (exact) mass is 313 g/mol. The molecule has 1 atom stereocenters. The largest absolute Gasteiger partial charge is 0.497 e. The van der Waals surface area contributed by atoms with Crippen molar-refractivity contribution in [3.8, 4) is 5.75 Å². The van der Waals surface area contributed by atoms with E-state index < -0.39 is 0 Å². The normalized spacial score (nSPS) is 12.3. The summed E-state index contributed by atoms with van der Waals surface area (Å²) in [4.78, 5) is 12.4. The number of hydrogen-bond acceptors (Lipinski definition) is 4. The predicted octanol–water partition coefficient (Wildman–Crippen LogP) is 2.97. The van der Waals surface area contributed by atoms with E-state index in [-0.39, 0.29) is 17.7 Å². The third-order valence-electron chi connectivity index (χ3n) is 3.81. The number of fused-ring (bicyclic) bond motifs is 1. The van der Waals surface area contributed by atoms with Gasteiger partial charge in [0.15, 0.2) is 5.76 Å². The van der Waals surface area contributed by atoms with Crippen molar-refractivity contribution in [2.45, 2.75) is 19.9 Å². The predicted molar refractivity (Wildman–Crippen MR) is 86.6 cm³/mol. The fourth-order valence-corrected chi connectivity index (χ4v) is 2.65. The molecule has 2 aromatic heterocycles. The minimum absolute atomic E-state index is 0.154. The van der Waals surface area contributed by atoms with E-state index in [4.69, 9.17) is 9.15 Å². The second-order valence-electron chi connectivity index (χ2n) is 5.55. The Hall–Kier alpha value is -2.76. The minimum Gasteiger partial charge on any atom is -0.497 e. The van der Waals surface area contributed by atoms with Crippen LogP contribution in [-0.4, -0.2) is 22.8 Å². The van der Waals surface area contributed by atoms with Crippen molar-refractivity contribution in [3.05, 3.63) is 47.5 Å². The summed E-state index contributed by atoms with van der Waals surface area (Å²) >= 11 is 0. The smallest absolute Gasteiger partial charge is 0.287 e. The number of hydrogen-bond donors (Lipinski definition) is 1. The van der Waals surface area contributed by atoms with E-state index in [1.807, 2.05) is 33.2 Å². The highest BCUT2D eigenvalue weighted by Gasteiger charge is 2.18. The summed E-state index contributed by atoms with van der Waals surface area (Å²) in [6.45, 7) is 3.85. The molecule has 3 rings (SSSR count). The number of furan rings is 1. The summed E-state index contributed by atoms with van der Waals surface area (Å²) in [5.74, 6) is 0.752. The number of rotatable bonds is 4. The first-order valence-electron chi connectivity index (χ1n) is 7.36. The summed E-state index contributed by atoms with van der Waals surface area (Å²) in [5.41, 5.74) is 2.54. The van der Waals surface area contributed by atoms with Gasteiger partial charge in [-0.25, -0.2) is 0 Å². The standard InChI is InChI=1S/C17H19N3O3/c1-10(14-9-20(3)19-11(14)2)18-17(21)16-8-12-7-13(22-4)5-6-15(12)23-16/h5-10H,1-4H3,(H,18,21)/t10-/m0/s1. The number of benzene rings is 1. The average Bonchev–Trinajstić information content (AvgIpc) is 3.09. The molecule has 0 spiro atoms. The molecule has 1 amide bonds. The van der Waals surface area contributed by atoms with Crippen LogP contribution in [0.5, 0.6) is 5.75 Å². The maximum Gasteiger partial charge on any atom is 0.287 e. The molecule has 0 fully saturated rings. The van der Waals surface area contributed by atoms with Gasteiger partial charge in [-0.1, -0.05) is 0 Å². The van der Waals surface area contributed by atoms with Gasteiger partial charge in [0.25, 0.3) is 5.91 Å². The van der Waals surface area contributed by atoms with Crippen molar-refractivity contribution >= 4 is 16.9 Å². The zero-order chi connectivity index (χ0) is 16.6. The maximum atomic E-state index is 12.4. The Labute approximate surface area is 134 Å². The molecule has 3 aromatic rings. The molecule has 6 nitrogen and oxygen atoms in total. The first-order valence-corrected chi connectivity index (χ1v) is 7.36. The molecule has 23 heavy (non-hydrogen) atoms. The molecule has 0 aliphatic carbocycles. The topological polar surface area (TPSA) is 69.3 Å². The number of ether oxygens (including phenoxy) is 1. The van der Waals surface area contributed by atoms with Gasteiger partial charge in [0, 0.05) is 24.2 Å². The first-order chi connectivity index (χ1) is 11.0. The van der Waals surface area contributed by atoms with Gasteiger partial charge < -0.3 is 14.5 Å². The van der Waals surface area contributed by atoms with Crippen molar-refractivity contribution in [1.82, 2.24) is 15.1 Å². The van der Waals surface area contributed by atoms with Gasteiger partial charge in [-0.3, -0.25) is 9.48 Å². The van der Waals surface area contributed by atoms with Crippen molar-refractivity contribution < 1.29 is 13.9 Å². The molecule has 2 heterocycles. The zero-order valence-electron chi connectivity index (χ0n) is 13.6. The molecule has 0 radical (unpaired) electrons. The Kier molecular flexibility index (Phi) is 3.82. The number of methoxy groups -OCH3 is 1. The van der Waals surface area contributed by atoms with E-state index in [9.17, 15) is 4.79 Å². The van der Waals surface area contributed by atoms with E-state index >= 15 is 0 Å². The Morgan fingerprint density at radius 2 is 2.17 bits per heavy atom. The van der Waals surface area contributed by atoms with Crippen molar-refractivity contribution in [1.29, 1.82) is 0 Å². The number of aryl methyl sites for hydroxylation is 2. The Morgan fingerprint density at radius 1 is 1.39 bits per heavy atom. The summed E-state index contributed by atoms with van der Waals surface area (Å²) in [6.07, 6.45) is 1.91. The zero-order valence-corrected chi connectivity index (χ0v) is 13.6. The van der Waals surface area contributed by atoms with Crippen LogP contribution in [0.25, 0.3) is 11.0 Å². The second-order valence-corrected chi connectivity index (χ2v) is 5.55. The number of carbonyl (C=O) groups excluding carboxylic acids is 1. The van der Waals surface area contributed by atoms with Gasteiger partial charge in [0.2, 0.25) is 0 Å². The number of aromatic nitrogens is 2. The van der Waals surface area contributed by atoms with E-state index in [2.05, 4.69) is 10.4 Å². The molecule has 0 saturated carbocycles. The average molecular weight is 313 g/mol. The number of carbonyl (C=O) groups is 1. The third-order valence-corrected chi connectivity index (χ3v) is 3.81. The van der Waals surface area contributed by atoms with E-state index in [0.717, 1.165) is 22.4 Å². The van der Waals surface area contributed by atoms with E-state index in [1.54, 1.807) is 30.0 Å². The highest BCUT2D eigenvalue weighted by Crippen LogP contribution is 2.25. The van der Waals surface area contributed by atoms with Gasteiger partial charge in [-0.05, 0) is 38.1 Å². The summed E-state index contributed by atoms with van der Waals surface area (Å²) in [5, 5.41) is 8.07. The SMILES string of the molecule is COc1ccc2oc(C(=O)N[C@@H](C)c3cn(C)nc3C)cc2c1. The van der Waals surface area contributed by atoms with E-state index in [1.165, 1.54) is 0 Å². The van der Waals surface area contributed by atoms with Gasteiger partial charge in [0.05, 0.1) is 18.8 Å². The highest BCUT2D eigenvalue weighted by atomic mass is 16.5. The van der Waals surface area contributed by atoms with Crippen LogP contribution >= 0.6 is 0 Å². The lowest BCUT2D eigenvalue weighted by molar-refractivity contribution is 0.0914. The van der Waals surface area contributed by atoms with Crippen LogP contribution < -0.4 is 10.1 Å². The van der Waals surface area contributed by atoms with Gasteiger partial charge in [-0.2, -0.15) is 5.10 Å². The fourth-order valence-electron chi connectivity index (χ4n) is 2.65. The molecule has 6 heteroatoms. The Balaban J connectivity index is 1.81. The molecule has 0 saturated heterocycles. The highest BCUT2D eigenvalue weighted by molar-refractivity contribution is 5.96. The van der Waals surface area contributed by atoms with Crippen LogP contribution in [0.3, 0.4) is 0 Å². The Bertz CT molecular complexity index is 863. The molecule has 1 N–H and O–H groups in total. The number of nitrogens with one attached hydrogen (secondary N) is 1. The molecule has 0 aliphatic heterocycles. The van der Waals surface area contributed by atoms with Gasteiger partial charge >= 0.3 is 0 Å². The molecular formula is C17H19N3O3. The minimum atomic E-state index is -0.254. The molecule has 0 aliphatic rings. The van der Waals surface area contributed by atoms with Crippen LogP contribution in [0, 0.1) is 6.92 Å². The van der Waals surface area contributed by atoms with Crippen LogP contribution in [0.2, 0.25) is 0 Å². The van der Waals surface area contributed by atoms with Crippen molar-refractivity contribution in [2.75, 3.05) is 7.11 Å².